The number of amides is 1. The molecule has 2 aliphatic rings. The normalized spacial score (nSPS) is 23.7. The number of aromatic nitrogens is 1. The van der Waals surface area contributed by atoms with Gasteiger partial charge in [0.25, 0.3) is 11.7 Å². The number of carbonyl (C=O) groups is 2. The number of hydrogen-bond donors (Lipinski definition) is 1. The van der Waals surface area contributed by atoms with Crippen LogP contribution in [0.2, 0.25) is 0 Å². The maximum absolute atomic E-state index is 13.0. The van der Waals surface area contributed by atoms with Crippen molar-refractivity contribution in [3.63, 3.8) is 0 Å². The predicted octanol–water partition coefficient (Wildman–Crippen LogP) is 3.30. The summed E-state index contributed by atoms with van der Waals surface area (Å²) in [5, 5.41) is 11.2. The van der Waals surface area contributed by atoms with Crippen molar-refractivity contribution >= 4 is 17.4 Å². The van der Waals surface area contributed by atoms with Crippen molar-refractivity contribution in [2.24, 2.45) is 0 Å². The van der Waals surface area contributed by atoms with Crippen molar-refractivity contribution in [2.75, 3.05) is 13.2 Å². The molecular weight excluding hydrogens is 368 g/mol. The lowest BCUT2D eigenvalue weighted by Gasteiger charge is -2.27. The van der Waals surface area contributed by atoms with Crippen LogP contribution in [0.1, 0.15) is 41.1 Å². The van der Waals surface area contributed by atoms with Gasteiger partial charge in [0.15, 0.2) is 0 Å². The zero-order valence-electron chi connectivity index (χ0n) is 16.6. The zero-order valence-corrected chi connectivity index (χ0v) is 16.6. The van der Waals surface area contributed by atoms with E-state index in [4.69, 9.17) is 4.74 Å². The summed E-state index contributed by atoms with van der Waals surface area (Å²) in [7, 11) is 0. The Hall–Kier alpha value is -2.99. The van der Waals surface area contributed by atoms with E-state index in [0.717, 1.165) is 24.0 Å². The molecule has 6 heteroatoms. The van der Waals surface area contributed by atoms with E-state index in [2.05, 4.69) is 4.98 Å². The molecule has 0 radical (unpaired) electrons. The van der Waals surface area contributed by atoms with E-state index in [-0.39, 0.29) is 17.4 Å². The van der Waals surface area contributed by atoms with Crippen LogP contribution in [-0.2, 0) is 14.3 Å². The number of carbonyl (C=O) groups excluding carboxylic acids is 2. The van der Waals surface area contributed by atoms with Crippen LogP contribution in [0.3, 0.4) is 0 Å². The molecular formula is C23H24N2O4. The van der Waals surface area contributed by atoms with E-state index >= 15 is 0 Å². The average Bonchev–Trinajstić information content (AvgIpc) is 3.32. The molecule has 6 nitrogen and oxygen atoms in total. The molecule has 2 unspecified atom stereocenters. The molecule has 1 aromatic carbocycles. The standard InChI is InChI=1S/C23H24N2O4/c1-14-7-8-15(2)18(11-14)21(26)19-20(16-5-3-9-24-12-16)25(23(28)22(19)27)13-17-6-4-10-29-17/h3,5,7-9,11-12,17,20,26H,4,6,10,13H2,1-2H3/b21-19+. The molecule has 4 rings (SSSR count). The molecule has 2 saturated heterocycles. The van der Waals surface area contributed by atoms with Crippen molar-refractivity contribution in [2.45, 2.75) is 38.8 Å². The smallest absolute Gasteiger partial charge is 0.295 e. The highest BCUT2D eigenvalue weighted by molar-refractivity contribution is 6.46. The van der Waals surface area contributed by atoms with Gasteiger partial charge < -0.3 is 14.7 Å². The van der Waals surface area contributed by atoms with Crippen LogP contribution < -0.4 is 0 Å². The van der Waals surface area contributed by atoms with Gasteiger partial charge in [0, 0.05) is 31.1 Å². The number of benzene rings is 1. The fraction of sp³-hybridized carbons (Fsp3) is 0.348. The van der Waals surface area contributed by atoms with Crippen LogP contribution in [0, 0.1) is 13.8 Å². The van der Waals surface area contributed by atoms with Crippen molar-refractivity contribution in [3.8, 4) is 0 Å². The third-order valence-corrected chi connectivity index (χ3v) is 5.61. The van der Waals surface area contributed by atoms with Crippen LogP contribution in [0.25, 0.3) is 5.76 Å². The molecule has 1 amide bonds. The second kappa shape index (κ2) is 7.79. The number of ketones is 1. The summed E-state index contributed by atoms with van der Waals surface area (Å²) in [5.41, 5.74) is 3.16. The Kier molecular flexibility index (Phi) is 5.20. The largest absolute Gasteiger partial charge is 0.507 e. The highest BCUT2D eigenvalue weighted by atomic mass is 16.5. The monoisotopic (exact) mass is 392 g/mol. The number of pyridine rings is 1. The number of ether oxygens (including phenoxy) is 1. The van der Waals surface area contributed by atoms with Gasteiger partial charge >= 0.3 is 0 Å². The Balaban J connectivity index is 1.85. The molecule has 0 spiro atoms. The van der Waals surface area contributed by atoms with Gasteiger partial charge in [-0.1, -0.05) is 23.8 Å². The Labute approximate surface area is 169 Å². The summed E-state index contributed by atoms with van der Waals surface area (Å²) in [5.74, 6) is -1.43. The van der Waals surface area contributed by atoms with Gasteiger partial charge in [0.1, 0.15) is 5.76 Å². The summed E-state index contributed by atoms with van der Waals surface area (Å²) in [6.07, 6.45) is 4.96. The molecule has 2 aromatic rings. The Morgan fingerprint density at radius 3 is 2.79 bits per heavy atom. The zero-order chi connectivity index (χ0) is 20.5. The van der Waals surface area contributed by atoms with Gasteiger partial charge in [-0.05, 0) is 49.9 Å². The molecule has 0 saturated carbocycles. The van der Waals surface area contributed by atoms with E-state index < -0.39 is 17.7 Å². The molecule has 2 fully saturated rings. The number of aryl methyl sites for hydroxylation is 2. The minimum atomic E-state index is -0.687. The number of hydrogen-bond acceptors (Lipinski definition) is 5. The molecule has 2 atom stereocenters. The maximum atomic E-state index is 13.0. The number of likely N-dealkylation sites (tertiary alicyclic amines) is 1. The first-order valence-electron chi connectivity index (χ1n) is 9.85. The highest BCUT2D eigenvalue weighted by Crippen LogP contribution is 2.40. The minimum Gasteiger partial charge on any atom is -0.507 e. The van der Waals surface area contributed by atoms with Gasteiger partial charge in [-0.2, -0.15) is 0 Å². The summed E-state index contributed by atoms with van der Waals surface area (Å²) < 4.78 is 5.70. The summed E-state index contributed by atoms with van der Waals surface area (Å²) in [6.45, 7) is 4.77. The van der Waals surface area contributed by atoms with Gasteiger partial charge in [-0.3, -0.25) is 14.6 Å². The Bertz CT molecular complexity index is 978. The number of rotatable bonds is 4. The Morgan fingerprint density at radius 1 is 1.28 bits per heavy atom. The second-order valence-electron chi connectivity index (χ2n) is 7.69. The molecule has 1 aromatic heterocycles. The van der Waals surface area contributed by atoms with Crippen molar-refractivity contribution < 1.29 is 19.4 Å². The number of aliphatic hydroxyl groups is 1. The number of aliphatic hydroxyl groups excluding tert-OH is 1. The van der Waals surface area contributed by atoms with E-state index in [1.165, 1.54) is 4.90 Å². The van der Waals surface area contributed by atoms with E-state index in [1.54, 1.807) is 18.5 Å². The highest BCUT2D eigenvalue weighted by Gasteiger charge is 2.47. The van der Waals surface area contributed by atoms with Crippen LogP contribution >= 0.6 is 0 Å². The quantitative estimate of drug-likeness (QED) is 0.491. The van der Waals surface area contributed by atoms with Crippen LogP contribution in [-0.4, -0.2) is 45.9 Å². The minimum absolute atomic E-state index is 0.104. The van der Waals surface area contributed by atoms with Gasteiger partial charge in [-0.25, -0.2) is 0 Å². The van der Waals surface area contributed by atoms with Crippen molar-refractivity contribution in [3.05, 3.63) is 70.6 Å². The first-order chi connectivity index (χ1) is 14.0. The van der Waals surface area contributed by atoms with Gasteiger partial charge in [0.2, 0.25) is 0 Å². The third kappa shape index (κ3) is 3.56. The fourth-order valence-corrected chi connectivity index (χ4v) is 4.10. The molecule has 1 N–H and O–H groups in total. The van der Waals surface area contributed by atoms with Gasteiger partial charge in [-0.15, -0.1) is 0 Å². The summed E-state index contributed by atoms with van der Waals surface area (Å²) in [4.78, 5) is 31.6. The Morgan fingerprint density at radius 2 is 2.10 bits per heavy atom. The fourth-order valence-electron chi connectivity index (χ4n) is 4.10. The van der Waals surface area contributed by atoms with Crippen molar-refractivity contribution in [1.29, 1.82) is 0 Å². The molecule has 3 heterocycles. The van der Waals surface area contributed by atoms with Crippen LogP contribution in [0.5, 0.6) is 0 Å². The first kappa shape index (κ1) is 19.3. The van der Waals surface area contributed by atoms with E-state index in [1.807, 2.05) is 38.1 Å². The number of Topliss-reactive ketones (excluding diaryl/α,β-unsaturated/α-hetero) is 1. The molecule has 29 heavy (non-hydrogen) atoms. The second-order valence-corrected chi connectivity index (χ2v) is 7.69. The third-order valence-electron chi connectivity index (χ3n) is 5.61. The van der Waals surface area contributed by atoms with E-state index in [0.29, 0.717) is 24.3 Å². The average molecular weight is 392 g/mol. The van der Waals surface area contributed by atoms with Crippen molar-refractivity contribution in [1.82, 2.24) is 9.88 Å². The maximum Gasteiger partial charge on any atom is 0.295 e. The molecule has 150 valence electrons. The topological polar surface area (TPSA) is 79.7 Å². The van der Waals surface area contributed by atoms with E-state index in [9.17, 15) is 14.7 Å². The lowest BCUT2D eigenvalue weighted by Crippen LogP contribution is -2.36. The lowest BCUT2D eigenvalue weighted by molar-refractivity contribution is -0.140. The predicted molar refractivity (Wildman–Crippen MR) is 108 cm³/mol. The first-order valence-corrected chi connectivity index (χ1v) is 9.85. The summed E-state index contributed by atoms with van der Waals surface area (Å²) >= 11 is 0. The summed E-state index contributed by atoms with van der Waals surface area (Å²) in [6, 6.07) is 8.57. The molecule has 0 bridgehead atoms. The SMILES string of the molecule is Cc1ccc(C)c(/C(O)=C2\C(=O)C(=O)N(CC3CCCO3)C2c2cccnc2)c1. The van der Waals surface area contributed by atoms with Gasteiger partial charge in [0.05, 0.1) is 17.7 Å². The molecule has 0 aliphatic carbocycles. The number of nitrogens with zero attached hydrogens (tertiary/aromatic N) is 2. The molecule has 2 aliphatic heterocycles. The van der Waals surface area contributed by atoms with Crippen LogP contribution in [0.4, 0.5) is 0 Å². The van der Waals surface area contributed by atoms with Crippen LogP contribution in [0.15, 0.2) is 48.3 Å². The lowest BCUT2D eigenvalue weighted by atomic mass is 9.94.